The van der Waals surface area contributed by atoms with Crippen molar-refractivity contribution >= 4 is 22.7 Å². The van der Waals surface area contributed by atoms with Crippen LogP contribution in [0.4, 0.5) is 0 Å². The summed E-state index contributed by atoms with van der Waals surface area (Å²) in [5, 5.41) is 0.946. The number of nitrogens with one attached hydrogen (secondary N) is 1. The van der Waals surface area contributed by atoms with E-state index < -0.39 is 0 Å². The third-order valence-electron chi connectivity index (χ3n) is 5.42. The molecule has 1 unspecified atom stereocenters. The molecule has 1 aromatic heterocycles. The van der Waals surface area contributed by atoms with Crippen LogP contribution in [0.2, 0.25) is 0 Å². The lowest BCUT2D eigenvalue weighted by molar-refractivity contribution is -0.143. The Balaban J connectivity index is 1.42. The van der Waals surface area contributed by atoms with Crippen LogP contribution in [-0.4, -0.2) is 52.3 Å². The summed E-state index contributed by atoms with van der Waals surface area (Å²) >= 11 is 0. The van der Waals surface area contributed by atoms with Gasteiger partial charge in [0.15, 0.2) is 0 Å². The van der Waals surface area contributed by atoms with E-state index in [4.69, 9.17) is 0 Å². The molecule has 2 aliphatic heterocycles. The van der Waals surface area contributed by atoms with E-state index in [1.165, 1.54) is 6.42 Å². The highest BCUT2D eigenvalue weighted by Gasteiger charge is 2.40. The first-order valence-electron chi connectivity index (χ1n) is 8.81. The number of aromatic amines is 1. The molecule has 126 valence electrons. The number of fused-ring (bicyclic) bond motifs is 1. The normalized spacial score (nSPS) is 21.8. The van der Waals surface area contributed by atoms with E-state index in [0.717, 1.165) is 30.3 Å². The number of aromatic nitrogens is 1. The van der Waals surface area contributed by atoms with Crippen LogP contribution in [0.1, 0.15) is 36.5 Å². The Morgan fingerprint density at radius 3 is 2.75 bits per heavy atom. The first kappa shape index (κ1) is 15.2. The van der Waals surface area contributed by atoms with E-state index in [0.29, 0.717) is 24.7 Å². The van der Waals surface area contributed by atoms with Gasteiger partial charge < -0.3 is 14.8 Å². The predicted octanol–water partition coefficient (Wildman–Crippen LogP) is 2.64. The summed E-state index contributed by atoms with van der Waals surface area (Å²) in [4.78, 5) is 32.3. The monoisotopic (exact) mass is 325 g/mol. The average Bonchev–Trinajstić information content (AvgIpc) is 2.97. The fourth-order valence-electron chi connectivity index (χ4n) is 3.88. The molecule has 1 atom stereocenters. The summed E-state index contributed by atoms with van der Waals surface area (Å²) in [7, 11) is 0. The number of piperidine rings is 1. The minimum absolute atomic E-state index is 0.0168. The molecule has 0 radical (unpaired) electrons. The Morgan fingerprint density at radius 2 is 1.96 bits per heavy atom. The Bertz CT molecular complexity index is 776. The molecule has 2 fully saturated rings. The highest BCUT2D eigenvalue weighted by molar-refractivity contribution is 6.07. The third kappa shape index (κ3) is 2.48. The molecule has 1 aromatic carbocycles. The Labute approximate surface area is 141 Å². The number of para-hydroxylation sites is 1. The van der Waals surface area contributed by atoms with Crippen molar-refractivity contribution in [2.45, 2.75) is 32.2 Å². The van der Waals surface area contributed by atoms with Gasteiger partial charge in [-0.15, -0.1) is 0 Å². The number of hydrogen-bond donors (Lipinski definition) is 1. The Kier molecular flexibility index (Phi) is 3.79. The molecule has 2 aliphatic rings. The van der Waals surface area contributed by atoms with Crippen LogP contribution in [0.3, 0.4) is 0 Å². The third-order valence-corrected chi connectivity index (χ3v) is 5.42. The van der Waals surface area contributed by atoms with Crippen molar-refractivity contribution < 1.29 is 9.59 Å². The van der Waals surface area contributed by atoms with E-state index in [2.05, 4.69) is 11.9 Å². The molecule has 1 N–H and O–H groups in total. The number of amides is 2. The smallest absolute Gasteiger partial charge is 0.256 e. The van der Waals surface area contributed by atoms with Gasteiger partial charge in [-0.3, -0.25) is 9.59 Å². The van der Waals surface area contributed by atoms with Gasteiger partial charge in [0.05, 0.1) is 11.5 Å². The zero-order valence-corrected chi connectivity index (χ0v) is 14.0. The minimum atomic E-state index is -0.0280. The van der Waals surface area contributed by atoms with E-state index in [-0.39, 0.29) is 17.7 Å². The van der Waals surface area contributed by atoms with Gasteiger partial charge in [-0.05, 0) is 32.3 Å². The van der Waals surface area contributed by atoms with Crippen LogP contribution in [0.25, 0.3) is 10.9 Å². The van der Waals surface area contributed by atoms with Gasteiger partial charge in [0.1, 0.15) is 0 Å². The lowest BCUT2D eigenvalue weighted by Gasteiger charge is -2.43. The van der Waals surface area contributed by atoms with Crippen LogP contribution in [0.5, 0.6) is 0 Å². The van der Waals surface area contributed by atoms with Crippen molar-refractivity contribution in [2.24, 2.45) is 5.92 Å². The molecule has 3 heterocycles. The Morgan fingerprint density at radius 1 is 1.17 bits per heavy atom. The standard InChI is InChI=1S/C19H23N3O2/c1-13-6-4-5-9-22(13)18(23)14-11-21(12-14)19(24)16-10-20-17-8-3-2-7-15(16)17/h2-3,7-8,10,13-14,20H,4-6,9,11-12H2,1H3. The molecule has 2 saturated heterocycles. The maximum atomic E-state index is 12.7. The lowest BCUT2D eigenvalue weighted by Crippen LogP contribution is -2.58. The molecule has 2 amide bonds. The van der Waals surface area contributed by atoms with Gasteiger partial charge in [-0.25, -0.2) is 0 Å². The molecule has 0 spiro atoms. The van der Waals surface area contributed by atoms with Gasteiger partial charge in [-0.2, -0.15) is 0 Å². The number of likely N-dealkylation sites (tertiary alicyclic amines) is 2. The highest BCUT2D eigenvalue weighted by Crippen LogP contribution is 2.27. The first-order valence-corrected chi connectivity index (χ1v) is 8.81. The maximum absolute atomic E-state index is 12.7. The number of hydrogen-bond acceptors (Lipinski definition) is 2. The molecule has 0 aliphatic carbocycles. The second kappa shape index (κ2) is 5.96. The quantitative estimate of drug-likeness (QED) is 0.923. The topological polar surface area (TPSA) is 56.4 Å². The van der Waals surface area contributed by atoms with Crippen molar-refractivity contribution in [2.75, 3.05) is 19.6 Å². The minimum Gasteiger partial charge on any atom is -0.360 e. The molecule has 2 aromatic rings. The highest BCUT2D eigenvalue weighted by atomic mass is 16.2. The Hall–Kier alpha value is -2.30. The molecule has 0 bridgehead atoms. The summed E-state index contributed by atoms with van der Waals surface area (Å²) in [5.74, 6) is 0.216. The molecule has 24 heavy (non-hydrogen) atoms. The average molecular weight is 325 g/mol. The fraction of sp³-hybridized carbons (Fsp3) is 0.474. The molecule has 0 saturated carbocycles. The number of carbonyl (C=O) groups is 2. The van der Waals surface area contributed by atoms with E-state index in [9.17, 15) is 9.59 Å². The van der Waals surface area contributed by atoms with Gasteiger partial charge in [-0.1, -0.05) is 18.2 Å². The van der Waals surface area contributed by atoms with Crippen molar-refractivity contribution in [1.82, 2.24) is 14.8 Å². The summed E-state index contributed by atoms with van der Waals surface area (Å²) in [6.07, 6.45) is 5.17. The molecular formula is C19H23N3O2. The van der Waals surface area contributed by atoms with Crippen molar-refractivity contribution in [3.05, 3.63) is 36.0 Å². The van der Waals surface area contributed by atoms with Crippen LogP contribution in [-0.2, 0) is 4.79 Å². The zero-order chi connectivity index (χ0) is 16.7. The van der Waals surface area contributed by atoms with E-state index in [1.54, 1.807) is 11.1 Å². The largest absolute Gasteiger partial charge is 0.360 e. The summed E-state index contributed by atoms with van der Waals surface area (Å²) < 4.78 is 0. The summed E-state index contributed by atoms with van der Waals surface area (Å²) in [6.45, 7) is 4.08. The molecule has 5 heteroatoms. The second-order valence-corrected chi connectivity index (χ2v) is 7.03. The number of benzene rings is 1. The van der Waals surface area contributed by atoms with Crippen LogP contribution >= 0.6 is 0 Å². The maximum Gasteiger partial charge on any atom is 0.256 e. The fourth-order valence-corrected chi connectivity index (χ4v) is 3.88. The predicted molar refractivity (Wildman–Crippen MR) is 92.7 cm³/mol. The zero-order valence-electron chi connectivity index (χ0n) is 14.0. The number of H-pyrrole nitrogens is 1. The van der Waals surface area contributed by atoms with Gasteiger partial charge in [0, 0.05) is 42.8 Å². The second-order valence-electron chi connectivity index (χ2n) is 7.03. The molecule has 5 nitrogen and oxygen atoms in total. The number of nitrogens with zero attached hydrogens (tertiary/aromatic N) is 2. The van der Waals surface area contributed by atoms with Crippen molar-refractivity contribution in [3.63, 3.8) is 0 Å². The van der Waals surface area contributed by atoms with Gasteiger partial charge in [0.2, 0.25) is 5.91 Å². The van der Waals surface area contributed by atoms with E-state index >= 15 is 0 Å². The summed E-state index contributed by atoms with van der Waals surface area (Å²) in [5.41, 5.74) is 1.67. The first-order chi connectivity index (χ1) is 11.6. The van der Waals surface area contributed by atoms with Crippen molar-refractivity contribution in [3.8, 4) is 0 Å². The lowest BCUT2D eigenvalue weighted by atomic mass is 9.94. The van der Waals surface area contributed by atoms with Gasteiger partial charge >= 0.3 is 0 Å². The van der Waals surface area contributed by atoms with Gasteiger partial charge in [0.25, 0.3) is 5.91 Å². The number of rotatable bonds is 2. The van der Waals surface area contributed by atoms with E-state index in [1.807, 2.05) is 29.2 Å². The summed E-state index contributed by atoms with van der Waals surface area (Å²) in [6, 6.07) is 8.14. The molecule has 4 rings (SSSR count). The van der Waals surface area contributed by atoms with Crippen molar-refractivity contribution in [1.29, 1.82) is 0 Å². The van der Waals surface area contributed by atoms with Crippen LogP contribution in [0, 0.1) is 5.92 Å². The SMILES string of the molecule is CC1CCCCN1C(=O)C1CN(C(=O)c2c[nH]c3ccccc23)C1. The van der Waals surface area contributed by atoms with Crippen LogP contribution < -0.4 is 0 Å². The van der Waals surface area contributed by atoms with Crippen LogP contribution in [0.15, 0.2) is 30.5 Å². The number of carbonyl (C=O) groups excluding carboxylic acids is 2. The molecular weight excluding hydrogens is 302 g/mol.